The second-order valence-electron chi connectivity index (χ2n) is 8.95. The van der Waals surface area contributed by atoms with Crippen LogP contribution in [0, 0.1) is 5.41 Å². The van der Waals surface area contributed by atoms with E-state index >= 15 is 0 Å². The van der Waals surface area contributed by atoms with Crippen molar-refractivity contribution in [1.82, 2.24) is 9.80 Å². The Morgan fingerprint density at radius 1 is 1.15 bits per heavy atom. The molecule has 1 aromatic rings. The van der Waals surface area contributed by atoms with Crippen molar-refractivity contribution in [2.75, 3.05) is 26.2 Å². The number of likely N-dealkylation sites (tertiary alicyclic amines) is 2. The van der Waals surface area contributed by atoms with E-state index in [0.717, 1.165) is 32.6 Å². The summed E-state index contributed by atoms with van der Waals surface area (Å²) in [5.41, 5.74) is 2.94. The summed E-state index contributed by atoms with van der Waals surface area (Å²) in [6.45, 7) is 8.75. The molecule has 1 atom stereocenters. The van der Waals surface area contributed by atoms with Crippen molar-refractivity contribution >= 4 is 5.91 Å². The van der Waals surface area contributed by atoms with Gasteiger partial charge in [-0.05, 0) is 70.0 Å². The van der Waals surface area contributed by atoms with E-state index in [-0.39, 0.29) is 5.92 Å². The van der Waals surface area contributed by atoms with Gasteiger partial charge in [0, 0.05) is 19.1 Å². The van der Waals surface area contributed by atoms with Crippen molar-refractivity contribution in [3.05, 3.63) is 47.5 Å². The summed E-state index contributed by atoms with van der Waals surface area (Å²) in [6.07, 6.45) is 8.24. The summed E-state index contributed by atoms with van der Waals surface area (Å²) in [5, 5.41) is 0. The second-order valence-corrected chi connectivity index (χ2v) is 8.95. The maximum Gasteiger partial charge on any atom is 0.230 e. The molecule has 4 rings (SSSR count). The Bertz CT molecular complexity index is 665. The molecule has 2 aliphatic heterocycles. The van der Waals surface area contributed by atoms with Crippen LogP contribution in [0.3, 0.4) is 0 Å². The Morgan fingerprint density at radius 3 is 2.46 bits per heavy atom. The Labute approximate surface area is 158 Å². The molecule has 1 aliphatic carbocycles. The number of hydrogen-bond donors (Lipinski definition) is 0. The van der Waals surface area contributed by atoms with Crippen LogP contribution in [0.2, 0.25) is 0 Å². The summed E-state index contributed by atoms with van der Waals surface area (Å²) < 4.78 is 0. The second kappa shape index (κ2) is 7.19. The van der Waals surface area contributed by atoms with Crippen molar-refractivity contribution in [2.24, 2.45) is 5.41 Å². The van der Waals surface area contributed by atoms with Crippen LogP contribution in [0.5, 0.6) is 0 Å². The highest BCUT2D eigenvalue weighted by Gasteiger charge is 2.49. The van der Waals surface area contributed by atoms with Gasteiger partial charge in [-0.1, -0.05) is 42.0 Å². The topological polar surface area (TPSA) is 23.6 Å². The molecule has 26 heavy (non-hydrogen) atoms. The molecule has 3 fully saturated rings. The molecule has 0 bridgehead atoms. The highest BCUT2D eigenvalue weighted by molar-refractivity contribution is 5.85. The molecule has 1 saturated carbocycles. The summed E-state index contributed by atoms with van der Waals surface area (Å²) in [6, 6.07) is 11.0. The maximum absolute atomic E-state index is 13.2. The molecule has 140 valence electrons. The lowest BCUT2D eigenvalue weighted by atomic mass is 9.67. The average Bonchev–Trinajstić information content (AvgIpc) is 3.49. The monoisotopic (exact) mass is 352 g/mol. The SMILES string of the molecule is CC(C)=CCN1CCC2(CC1)C[C@@H](c1ccccc1)C(=O)N(C1CC1)C2. The van der Waals surface area contributed by atoms with Crippen LogP contribution in [0.25, 0.3) is 0 Å². The van der Waals surface area contributed by atoms with Gasteiger partial charge in [-0.25, -0.2) is 0 Å². The van der Waals surface area contributed by atoms with Gasteiger partial charge in [-0.15, -0.1) is 0 Å². The molecule has 1 aromatic carbocycles. The fraction of sp³-hybridized carbons (Fsp3) is 0.609. The average molecular weight is 353 g/mol. The van der Waals surface area contributed by atoms with Crippen molar-refractivity contribution in [3.63, 3.8) is 0 Å². The number of benzene rings is 1. The predicted molar refractivity (Wildman–Crippen MR) is 106 cm³/mol. The Kier molecular flexibility index (Phi) is 4.92. The van der Waals surface area contributed by atoms with E-state index in [1.807, 2.05) is 6.07 Å². The molecule has 1 amide bonds. The first-order valence-electron chi connectivity index (χ1n) is 10.3. The van der Waals surface area contributed by atoms with Crippen molar-refractivity contribution < 1.29 is 4.79 Å². The van der Waals surface area contributed by atoms with Gasteiger partial charge in [0.15, 0.2) is 0 Å². The van der Waals surface area contributed by atoms with Crippen LogP contribution in [0.15, 0.2) is 42.0 Å². The van der Waals surface area contributed by atoms with Crippen LogP contribution in [0.1, 0.15) is 57.4 Å². The standard InChI is InChI=1S/C23H32N2O/c1-18(2)10-13-24-14-11-23(12-15-24)16-21(19-6-4-3-5-7-19)22(26)25(17-23)20-8-9-20/h3-7,10,20-21H,8-9,11-17H2,1-2H3/t21-/m0/s1. The number of rotatable bonds is 4. The van der Waals surface area contributed by atoms with Gasteiger partial charge in [0.25, 0.3) is 0 Å². The molecule has 3 heteroatoms. The summed E-state index contributed by atoms with van der Waals surface area (Å²) >= 11 is 0. The van der Waals surface area contributed by atoms with Crippen LogP contribution < -0.4 is 0 Å². The number of nitrogens with zero attached hydrogens (tertiary/aromatic N) is 2. The summed E-state index contributed by atoms with van der Waals surface area (Å²) in [4.78, 5) is 18.0. The zero-order valence-electron chi connectivity index (χ0n) is 16.3. The van der Waals surface area contributed by atoms with Gasteiger partial charge in [0.1, 0.15) is 0 Å². The third kappa shape index (κ3) is 3.73. The third-order valence-electron chi connectivity index (χ3n) is 6.59. The Balaban J connectivity index is 1.51. The molecule has 0 radical (unpaired) electrons. The van der Waals surface area contributed by atoms with E-state index in [0.29, 0.717) is 17.4 Å². The Morgan fingerprint density at radius 2 is 1.85 bits per heavy atom. The van der Waals surface area contributed by atoms with E-state index in [1.165, 1.54) is 36.8 Å². The molecule has 3 aliphatic rings. The number of amides is 1. The fourth-order valence-corrected chi connectivity index (χ4v) is 4.75. The minimum absolute atomic E-state index is 0.0647. The molecule has 0 unspecified atom stereocenters. The number of allylic oxidation sites excluding steroid dienone is 1. The van der Waals surface area contributed by atoms with Crippen molar-refractivity contribution in [1.29, 1.82) is 0 Å². The van der Waals surface area contributed by atoms with Crippen LogP contribution in [-0.4, -0.2) is 47.9 Å². The van der Waals surface area contributed by atoms with Gasteiger partial charge < -0.3 is 4.90 Å². The first-order chi connectivity index (χ1) is 12.6. The number of carbonyl (C=O) groups is 1. The largest absolute Gasteiger partial charge is 0.339 e. The number of hydrogen-bond acceptors (Lipinski definition) is 2. The first-order valence-corrected chi connectivity index (χ1v) is 10.3. The van der Waals surface area contributed by atoms with E-state index in [9.17, 15) is 4.79 Å². The van der Waals surface area contributed by atoms with Crippen LogP contribution >= 0.6 is 0 Å². The first kappa shape index (κ1) is 17.8. The highest BCUT2D eigenvalue weighted by Crippen LogP contribution is 2.48. The lowest BCUT2D eigenvalue weighted by Gasteiger charge is -2.50. The van der Waals surface area contributed by atoms with E-state index in [2.05, 4.69) is 54.0 Å². The minimum Gasteiger partial charge on any atom is -0.339 e. The van der Waals surface area contributed by atoms with Gasteiger partial charge in [-0.3, -0.25) is 9.69 Å². The normalized spacial score (nSPS) is 26.2. The fourth-order valence-electron chi connectivity index (χ4n) is 4.75. The molecule has 3 nitrogen and oxygen atoms in total. The molecule has 0 aromatic heterocycles. The van der Waals surface area contributed by atoms with Crippen molar-refractivity contribution in [2.45, 2.75) is 57.9 Å². The molecule has 1 spiro atoms. The third-order valence-corrected chi connectivity index (χ3v) is 6.59. The van der Waals surface area contributed by atoms with Gasteiger partial charge in [0.05, 0.1) is 5.92 Å². The zero-order valence-corrected chi connectivity index (χ0v) is 16.3. The molecular formula is C23H32N2O. The number of piperidine rings is 2. The van der Waals surface area contributed by atoms with Crippen LogP contribution in [-0.2, 0) is 4.79 Å². The summed E-state index contributed by atoms with van der Waals surface area (Å²) in [5.74, 6) is 0.450. The number of carbonyl (C=O) groups excluding carboxylic acids is 1. The predicted octanol–water partition coefficient (Wildman–Crippen LogP) is 4.21. The highest BCUT2D eigenvalue weighted by atomic mass is 16.2. The van der Waals surface area contributed by atoms with Crippen LogP contribution in [0.4, 0.5) is 0 Å². The van der Waals surface area contributed by atoms with E-state index in [1.54, 1.807) is 0 Å². The molecule has 2 heterocycles. The molecule has 2 saturated heterocycles. The molecular weight excluding hydrogens is 320 g/mol. The lowest BCUT2D eigenvalue weighted by Crippen LogP contribution is -2.54. The Hall–Kier alpha value is -1.61. The van der Waals surface area contributed by atoms with E-state index < -0.39 is 0 Å². The molecule has 0 N–H and O–H groups in total. The van der Waals surface area contributed by atoms with Gasteiger partial charge in [-0.2, -0.15) is 0 Å². The summed E-state index contributed by atoms with van der Waals surface area (Å²) in [7, 11) is 0. The van der Waals surface area contributed by atoms with Gasteiger partial charge >= 0.3 is 0 Å². The smallest absolute Gasteiger partial charge is 0.230 e. The zero-order chi connectivity index (χ0) is 18.1. The quantitative estimate of drug-likeness (QED) is 0.758. The lowest BCUT2D eigenvalue weighted by molar-refractivity contribution is -0.142. The maximum atomic E-state index is 13.2. The van der Waals surface area contributed by atoms with Gasteiger partial charge in [0.2, 0.25) is 5.91 Å². The van der Waals surface area contributed by atoms with Crippen molar-refractivity contribution in [3.8, 4) is 0 Å². The minimum atomic E-state index is 0.0647. The van der Waals surface area contributed by atoms with E-state index in [4.69, 9.17) is 0 Å².